The molecule has 1 atom stereocenters. The second kappa shape index (κ2) is 7.53. The van der Waals surface area contributed by atoms with Gasteiger partial charge in [-0.25, -0.2) is 4.79 Å². The van der Waals surface area contributed by atoms with E-state index < -0.39 is 0 Å². The Kier molecular flexibility index (Phi) is 5.20. The third-order valence-electron chi connectivity index (χ3n) is 4.15. The van der Waals surface area contributed by atoms with Crippen molar-refractivity contribution in [1.29, 1.82) is 0 Å². The number of aryl methyl sites for hydroxylation is 1. The quantitative estimate of drug-likeness (QED) is 0.880. The number of aromatic nitrogens is 2. The monoisotopic (exact) mass is 332 g/mol. The highest BCUT2D eigenvalue weighted by Gasteiger charge is 2.32. The summed E-state index contributed by atoms with van der Waals surface area (Å²) in [5.41, 5.74) is 0.721. The Labute approximate surface area is 141 Å². The van der Waals surface area contributed by atoms with E-state index in [-0.39, 0.29) is 12.1 Å². The van der Waals surface area contributed by atoms with Crippen LogP contribution in [0.4, 0.5) is 10.5 Å². The van der Waals surface area contributed by atoms with Crippen LogP contribution in [-0.4, -0.2) is 34.4 Å². The molecule has 0 aliphatic carbocycles. The van der Waals surface area contributed by atoms with Crippen LogP contribution in [0.25, 0.3) is 0 Å². The van der Waals surface area contributed by atoms with Gasteiger partial charge in [0.1, 0.15) is 18.1 Å². The van der Waals surface area contributed by atoms with Gasteiger partial charge in [-0.3, -0.25) is 4.68 Å². The van der Waals surface area contributed by atoms with Crippen molar-refractivity contribution in [2.45, 2.75) is 45.4 Å². The molecule has 1 unspecified atom stereocenters. The minimum absolute atomic E-state index is 0.0266. The summed E-state index contributed by atoms with van der Waals surface area (Å²) in [6.45, 7) is 4.10. The molecule has 1 saturated heterocycles. The number of amides is 2. The fourth-order valence-corrected chi connectivity index (χ4v) is 3.07. The summed E-state index contributed by atoms with van der Waals surface area (Å²) in [7, 11) is 1.64. The van der Waals surface area contributed by atoms with Crippen LogP contribution in [0.3, 0.4) is 0 Å². The minimum atomic E-state index is -0.113. The normalized spacial score (nSPS) is 17.4. The molecule has 1 aliphatic rings. The molecule has 0 bridgehead atoms. The first-order valence-electron chi connectivity index (χ1n) is 8.39. The number of likely N-dealkylation sites (tertiary alicyclic amines) is 1. The van der Waals surface area contributed by atoms with E-state index in [2.05, 4.69) is 17.3 Å². The number of anilines is 1. The van der Waals surface area contributed by atoms with Crippen molar-refractivity contribution in [2.75, 3.05) is 19.0 Å². The summed E-state index contributed by atoms with van der Waals surface area (Å²) in [5, 5.41) is 7.17. The van der Waals surface area contributed by atoms with E-state index in [1.54, 1.807) is 13.3 Å². The van der Waals surface area contributed by atoms with Crippen molar-refractivity contribution in [1.82, 2.24) is 14.7 Å². The number of urea groups is 1. The van der Waals surface area contributed by atoms with E-state index in [0.29, 0.717) is 6.61 Å². The van der Waals surface area contributed by atoms with Gasteiger partial charge in [0.15, 0.2) is 0 Å². The van der Waals surface area contributed by atoms with Gasteiger partial charge in [-0.1, -0.05) is 6.92 Å². The van der Waals surface area contributed by atoms with Gasteiger partial charge < -0.3 is 19.4 Å². The van der Waals surface area contributed by atoms with Crippen LogP contribution in [0.5, 0.6) is 0 Å². The molecule has 2 aromatic heterocycles. The van der Waals surface area contributed by atoms with Crippen molar-refractivity contribution in [3.8, 4) is 0 Å². The molecule has 7 nitrogen and oxygen atoms in total. The highest BCUT2D eigenvalue weighted by molar-refractivity contribution is 5.89. The molecule has 1 aliphatic heterocycles. The van der Waals surface area contributed by atoms with Crippen molar-refractivity contribution in [3.05, 3.63) is 36.0 Å². The molecule has 0 aromatic carbocycles. The van der Waals surface area contributed by atoms with E-state index in [4.69, 9.17) is 9.15 Å². The lowest BCUT2D eigenvalue weighted by atomic mass is 10.2. The summed E-state index contributed by atoms with van der Waals surface area (Å²) in [4.78, 5) is 14.4. The highest BCUT2D eigenvalue weighted by atomic mass is 16.5. The van der Waals surface area contributed by atoms with E-state index in [1.807, 2.05) is 27.9 Å². The highest BCUT2D eigenvalue weighted by Crippen LogP contribution is 2.33. The zero-order valence-electron chi connectivity index (χ0n) is 14.2. The Balaban J connectivity index is 1.66. The molecule has 0 radical (unpaired) electrons. The largest absolute Gasteiger partial charge is 0.461 e. The van der Waals surface area contributed by atoms with Crippen molar-refractivity contribution in [2.24, 2.45) is 0 Å². The number of carbonyl (C=O) groups excluding carboxylic acids is 1. The SMILES string of the molecule is CCCn1cc(NC(=O)N2CCCC2c2ccc(COC)o2)cn1. The van der Waals surface area contributed by atoms with Crippen LogP contribution in [0.2, 0.25) is 0 Å². The van der Waals surface area contributed by atoms with Crippen molar-refractivity contribution < 1.29 is 13.9 Å². The summed E-state index contributed by atoms with van der Waals surface area (Å²) < 4.78 is 12.7. The number of furan rings is 1. The number of hydrogen-bond donors (Lipinski definition) is 1. The topological polar surface area (TPSA) is 72.5 Å². The van der Waals surface area contributed by atoms with E-state index >= 15 is 0 Å². The number of methoxy groups -OCH3 is 1. The number of rotatable bonds is 6. The average Bonchev–Trinajstić information content (AvgIpc) is 3.27. The van der Waals surface area contributed by atoms with Gasteiger partial charge in [-0.05, 0) is 31.4 Å². The second-order valence-electron chi connectivity index (χ2n) is 6.01. The van der Waals surface area contributed by atoms with Gasteiger partial charge in [0.2, 0.25) is 0 Å². The zero-order valence-corrected chi connectivity index (χ0v) is 14.2. The Hall–Kier alpha value is -2.28. The number of nitrogens with zero attached hydrogens (tertiary/aromatic N) is 3. The van der Waals surface area contributed by atoms with Crippen LogP contribution in [0.15, 0.2) is 28.9 Å². The summed E-state index contributed by atoms with van der Waals surface area (Å²) in [5.74, 6) is 1.59. The van der Waals surface area contributed by atoms with Gasteiger partial charge in [-0.2, -0.15) is 5.10 Å². The molecule has 7 heteroatoms. The summed E-state index contributed by atoms with van der Waals surface area (Å²) in [6.07, 6.45) is 6.42. The molecule has 3 rings (SSSR count). The smallest absolute Gasteiger partial charge is 0.322 e. The molecule has 0 saturated carbocycles. The van der Waals surface area contributed by atoms with Crippen LogP contribution >= 0.6 is 0 Å². The van der Waals surface area contributed by atoms with Gasteiger partial charge in [0.05, 0.1) is 17.9 Å². The predicted molar refractivity (Wildman–Crippen MR) is 89.6 cm³/mol. The Bertz CT molecular complexity index is 679. The van der Waals surface area contributed by atoms with Gasteiger partial charge in [-0.15, -0.1) is 0 Å². The van der Waals surface area contributed by atoms with Crippen LogP contribution in [-0.2, 0) is 17.9 Å². The maximum Gasteiger partial charge on any atom is 0.322 e. The maximum atomic E-state index is 12.6. The van der Waals surface area contributed by atoms with Gasteiger partial charge >= 0.3 is 6.03 Å². The second-order valence-corrected chi connectivity index (χ2v) is 6.01. The standard InChI is InChI=1S/C17H24N4O3/c1-3-8-20-11-13(10-18-20)19-17(22)21-9-4-5-15(21)16-7-6-14(24-16)12-23-2/h6-7,10-11,15H,3-5,8-9,12H2,1-2H3,(H,19,22). The Morgan fingerprint density at radius 3 is 3.17 bits per heavy atom. The molecule has 1 N–H and O–H groups in total. The number of nitrogens with one attached hydrogen (secondary N) is 1. The molecular formula is C17H24N4O3. The zero-order chi connectivity index (χ0) is 16.9. The van der Waals surface area contributed by atoms with E-state index in [9.17, 15) is 4.79 Å². The lowest BCUT2D eigenvalue weighted by Gasteiger charge is -2.23. The molecule has 1 fully saturated rings. The number of hydrogen-bond acceptors (Lipinski definition) is 4. The lowest BCUT2D eigenvalue weighted by Crippen LogP contribution is -2.34. The Morgan fingerprint density at radius 1 is 1.50 bits per heavy atom. The minimum Gasteiger partial charge on any atom is -0.461 e. The fraction of sp³-hybridized carbons (Fsp3) is 0.529. The Morgan fingerprint density at radius 2 is 2.38 bits per heavy atom. The van der Waals surface area contributed by atoms with Crippen molar-refractivity contribution in [3.63, 3.8) is 0 Å². The number of carbonyl (C=O) groups is 1. The average molecular weight is 332 g/mol. The molecule has 130 valence electrons. The predicted octanol–water partition coefficient (Wildman–Crippen LogP) is 3.40. The first-order chi connectivity index (χ1) is 11.7. The molecular weight excluding hydrogens is 308 g/mol. The van der Waals surface area contributed by atoms with Crippen molar-refractivity contribution >= 4 is 11.7 Å². The molecule has 2 aromatic rings. The van der Waals surface area contributed by atoms with Crippen LogP contribution in [0, 0.1) is 0 Å². The van der Waals surface area contributed by atoms with E-state index in [1.165, 1.54) is 0 Å². The molecule has 24 heavy (non-hydrogen) atoms. The van der Waals surface area contributed by atoms with Crippen LogP contribution in [0.1, 0.15) is 43.7 Å². The molecule has 3 heterocycles. The first-order valence-corrected chi connectivity index (χ1v) is 8.39. The van der Waals surface area contributed by atoms with Gasteiger partial charge in [0, 0.05) is 26.4 Å². The lowest BCUT2D eigenvalue weighted by molar-refractivity contribution is 0.157. The first kappa shape index (κ1) is 16.6. The molecule has 0 spiro atoms. The summed E-state index contributed by atoms with van der Waals surface area (Å²) >= 11 is 0. The van der Waals surface area contributed by atoms with Gasteiger partial charge in [0.25, 0.3) is 0 Å². The van der Waals surface area contributed by atoms with Crippen LogP contribution < -0.4 is 5.32 Å². The fourth-order valence-electron chi connectivity index (χ4n) is 3.07. The van der Waals surface area contributed by atoms with E-state index in [0.717, 1.165) is 49.6 Å². The number of ether oxygens (including phenoxy) is 1. The summed E-state index contributed by atoms with van der Waals surface area (Å²) in [6, 6.07) is 3.70. The third-order valence-corrected chi connectivity index (χ3v) is 4.15. The molecule has 2 amide bonds. The third kappa shape index (κ3) is 3.62. The maximum absolute atomic E-state index is 12.6.